The van der Waals surface area contributed by atoms with Crippen LogP contribution >= 0.6 is 0 Å². The second-order valence-corrected chi connectivity index (χ2v) is 9.71. The number of aromatic nitrogens is 4. The molecule has 1 N–H and O–H groups in total. The number of carbonyl (C=O) groups is 1. The summed E-state index contributed by atoms with van der Waals surface area (Å²) in [5.41, 5.74) is 5.62. The number of hydrogen-bond donors (Lipinski definition) is 1. The molecule has 0 spiro atoms. The molecule has 3 aromatic heterocycles. The van der Waals surface area contributed by atoms with Crippen LogP contribution in [0, 0.1) is 0 Å². The lowest BCUT2D eigenvalue weighted by atomic mass is 9.81. The molecule has 0 aliphatic heterocycles. The van der Waals surface area contributed by atoms with Crippen molar-refractivity contribution in [2.75, 3.05) is 4.90 Å². The zero-order valence-corrected chi connectivity index (χ0v) is 20.7. The van der Waals surface area contributed by atoms with Gasteiger partial charge in [-0.05, 0) is 72.2 Å². The Morgan fingerprint density at radius 3 is 2.69 bits per heavy atom. The zero-order valence-electron chi connectivity index (χ0n) is 20.7. The van der Waals surface area contributed by atoms with Gasteiger partial charge in [0.2, 0.25) is 5.91 Å². The number of fused-ring (bicyclic) bond motifs is 1. The number of nitrogens with zero attached hydrogens (tertiary/aromatic N) is 5. The largest absolute Gasteiger partial charge is 0.508 e. The van der Waals surface area contributed by atoms with E-state index in [4.69, 9.17) is 0 Å². The highest BCUT2D eigenvalue weighted by molar-refractivity contribution is 5.98. The second-order valence-electron chi connectivity index (χ2n) is 9.71. The Morgan fingerprint density at radius 2 is 1.94 bits per heavy atom. The number of aromatic hydroxyl groups is 1. The molecule has 184 valence electrons. The van der Waals surface area contributed by atoms with E-state index in [1.807, 2.05) is 58.4 Å². The van der Waals surface area contributed by atoms with Crippen molar-refractivity contribution in [3.8, 4) is 5.75 Å². The van der Waals surface area contributed by atoms with Crippen molar-refractivity contribution in [2.24, 2.45) is 0 Å². The predicted molar refractivity (Wildman–Crippen MR) is 139 cm³/mol. The van der Waals surface area contributed by atoms with E-state index < -0.39 is 0 Å². The summed E-state index contributed by atoms with van der Waals surface area (Å²) in [5.74, 6) is 0.291. The SMILES string of the molecule is CC(C)c1ccc(N(Cc2cnn(Cc3ccncc3)c2)C(=O)C2CCCc3c(O)cccc32)cn1. The van der Waals surface area contributed by atoms with E-state index in [1.54, 1.807) is 24.7 Å². The molecule has 1 unspecified atom stereocenters. The van der Waals surface area contributed by atoms with Crippen LogP contribution in [0.3, 0.4) is 0 Å². The van der Waals surface area contributed by atoms with Crippen molar-refractivity contribution in [3.63, 3.8) is 0 Å². The molecule has 4 aromatic rings. The van der Waals surface area contributed by atoms with Crippen LogP contribution in [0.5, 0.6) is 5.75 Å². The molecule has 36 heavy (non-hydrogen) atoms. The second kappa shape index (κ2) is 10.3. The van der Waals surface area contributed by atoms with Crippen molar-refractivity contribution in [1.29, 1.82) is 0 Å². The molecule has 0 saturated heterocycles. The number of anilines is 1. The van der Waals surface area contributed by atoms with E-state index in [0.717, 1.165) is 52.9 Å². The quantitative estimate of drug-likeness (QED) is 0.392. The first-order chi connectivity index (χ1) is 17.5. The molecule has 0 bridgehead atoms. The predicted octanol–water partition coefficient (Wildman–Crippen LogP) is 5.20. The van der Waals surface area contributed by atoms with Crippen LogP contribution in [-0.4, -0.2) is 30.8 Å². The standard InChI is InChI=1S/C29H31N5O2/c1-20(2)27-10-9-23(16-31-27)34(19-22-15-32-33(18-22)17-21-11-13-30-14-12-21)29(36)26-7-3-6-25-24(26)5-4-8-28(25)35/h4-5,8-16,18,20,26,35H,3,6-7,17,19H2,1-2H3. The number of phenols is 1. The number of pyridine rings is 2. The molecule has 0 saturated carbocycles. The fourth-order valence-corrected chi connectivity index (χ4v) is 4.90. The maximum absolute atomic E-state index is 14.1. The van der Waals surface area contributed by atoms with Crippen LogP contribution in [0.4, 0.5) is 5.69 Å². The maximum Gasteiger partial charge on any atom is 0.234 e. The summed E-state index contributed by atoms with van der Waals surface area (Å²) in [6.45, 7) is 5.24. The Labute approximate surface area is 211 Å². The first-order valence-corrected chi connectivity index (χ1v) is 12.5. The highest BCUT2D eigenvalue weighted by Crippen LogP contribution is 2.38. The van der Waals surface area contributed by atoms with Gasteiger partial charge in [0.15, 0.2) is 0 Å². The molecule has 1 aliphatic rings. The van der Waals surface area contributed by atoms with Gasteiger partial charge in [-0.3, -0.25) is 19.4 Å². The molecule has 7 heteroatoms. The number of hydrogen-bond acceptors (Lipinski definition) is 5. The van der Waals surface area contributed by atoms with Gasteiger partial charge >= 0.3 is 0 Å². The lowest BCUT2D eigenvalue weighted by molar-refractivity contribution is -0.120. The molecule has 0 fully saturated rings. The fourth-order valence-electron chi connectivity index (χ4n) is 4.90. The number of benzene rings is 1. The van der Waals surface area contributed by atoms with E-state index in [0.29, 0.717) is 19.0 Å². The first kappa shape index (κ1) is 23.7. The normalized spacial score (nSPS) is 15.0. The van der Waals surface area contributed by atoms with E-state index in [-0.39, 0.29) is 17.6 Å². The average molecular weight is 482 g/mol. The number of amides is 1. The first-order valence-electron chi connectivity index (χ1n) is 12.5. The zero-order chi connectivity index (χ0) is 25.1. The van der Waals surface area contributed by atoms with Crippen LogP contribution in [-0.2, 0) is 24.3 Å². The van der Waals surface area contributed by atoms with Gasteiger partial charge in [0, 0.05) is 29.8 Å². The minimum absolute atomic E-state index is 0.0162. The van der Waals surface area contributed by atoms with Crippen LogP contribution in [0.2, 0.25) is 0 Å². The monoisotopic (exact) mass is 481 g/mol. The molecule has 1 aliphatic carbocycles. The van der Waals surface area contributed by atoms with Crippen LogP contribution in [0.1, 0.15) is 66.5 Å². The molecular formula is C29H31N5O2. The summed E-state index contributed by atoms with van der Waals surface area (Å²) in [6, 6.07) is 13.4. The summed E-state index contributed by atoms with van der Waals surface area (Å²) >= 11 is 0. The third-order valence-electron chi connectivity index (χ3n) is 6.84. The molecule has 3 heterocycles. The minimum Gasteiger partial charge on any atom is -0.508 e. The Bertz CT molecular complexity index is 1330. The molecule has 5 rings (SSSR count). The Balaban J connectivity index is 1.45. The Kier molecular flexibility index (Phi) is 6.80. The number of phenolic OH excluding ortho intramolecular Hbond substituents is 1. The third kappa shape index (κ3) is 5.00. The highest BCUT2D eigenvalue weighted by atomic mass is 16.3. The van der Waals surface area contributed by atoms with E-state index >= 15 is 0 Å². The molecule has 1 atom stereocenters. The van der Waals surface area contributed by atoms with Gasteiger partial charge in [-0.15, -0.1) is 0 Å². The molecular weight excluding hydrogens is 450 g/mol. The number of carbonyl (C=O) groups excluding carboxylic acids is 1. The summed E-state index contributed by atoms with van der Waals surface area (Å²) in [5, 5.41) is 14.9. The number of rotatable bonds is 7. The Morgan fingerprint density at radius 1 is 1.11 bits per heavy atom. The van der Waals surface area contributed by atoms with Crippen molar-refractivity contribution < 1.29 is 9.90 Å². The average Bonchev–Trinajstić information content (AvgIpc) is 3.34. The molecule has 1 amide bonds. The summed E-state index contributed by atoms with van der Waals surface area (Å²) in [4.78, 5) is 24.6. The maximum atomic E-state index is 14.1. The van der Waals surface area contributed by atoms with E-state index in [2.05, 4.69) is 28.9 Å². The molecule has 7 nitrogen and oxygen atoms in total. The minimum atomic E-state index is -0.308. The Hall–Kier alpha value is -4.00. The lowest BCUT2D eigenvalue weighted by Gasteiger charge is -2.31. The van der Waals surface area contributed by atoms with Gasteiger partial charge < -0.3 is 10.0 Å². The summed E-state index contributed by atoms with van der Waals surface area (Å²) < 4.78 is 1.88. The van der Waals surface area contributed by atoms with Gasteiger partial charge in [-0.1, -0.05) is 26.0 Å². The fraction of sp³-hybridized carbons (Fsp3) is 0.310. The summed E-state index contributed by atoms with van der Waals surface area (Å²) in [7, 11) is 0. The van der Waals surface area contributed by atoms with E-state index in [9.17, 15) is 9.90 Å². The topological polar surface area (TPSA) is 84.1 Å². The van der Waals surface area contributed by atoms with Gasteiger partial charge in [0.05, 0.1) is 37.1 Å². The third-order valence-corrected chi connectivity index (χ3v) is 6.84. The molecule has 0 radical (unpaired) electrons. The smallest absolute Gasteiger partial charge is 0.234 e. The van der Waals surface area contributed by atoms with Crippen LogP contribution in [0.25, 0.3) is 0 Å². The van der Waals surface area contributed by atoms with Crippen molar-refractivity contribution in [2.45, 2.75) is 58.0 Å². The van der Waals surface area contributed by atoms with Gasteiger partial charge in [0.1, 0.15) is 5.75 Å². The van der Waals surface area contributed by atoms with Crippen molar-refractivity contribution in [3.05, 3.63) is 101 Å². The highest BCUT2D eigenvalue weighted by Gasteiger charge is 2.32. The van der Waals surface area contributed by atoms with Crippen LogP contribution < -0.4 is 4.90 Å². The van der Waals surface area contributed by atoms with Gasteiger partial charge in [0.25, 0.3) is 0 Å². The van der Waals surface area contributed by atoms with Crippen LogP contribution in [0.15, 0.2) is 73.4 Å². The van der Waals surface area contributed by atoms with E-state index in [1.165, 1.54) is 0 Å². The summed E-state index contributed by atoms with van der Waals surface area (Å²) in [6.07, 6.45) is 11.5. The van der Waals surface area contributed by atoms with Crippen molar-refractivity contribution in [1.82, 2.24) is 19.7 Å². The van der Waals surface area contributed by atoms with Crippen molar-refractivity contribution >= 4 is 11.6 Å². The lowest BCUT2D eigenvalue weighted by Crippen LogP contribution is -2.36. The van der Waals surface area contributed by atoms with Gasteiger partial charge in [-0.2, -0.15) is 5.10 Å². The molecule has 1 aromatic carbocycles. The van der Waals surface area contributed by atoms with Gasteiger partial charge in [-0.25, -0.2) is 0 Å².